The third-order valence-electron chi connectivity index (χ3n) is 3.54. The Balaban J connectivity index is 2.25. The van der Waals surface area contributed by atoms with Crippen LogP contribution in [0.15, 0.2) is 42.6 Å². The molecule has 0 unspecified atom stereocenters. The highest BCUT2D eigenvalue weighted by Crippen LogP contribution is 2.30. The molecular formula is C17H9N3O3. The summed E-state index contributed by atoms with van der Waals surface area (Å²) in [5.74, 6) is -1.57. The van der Waals surface area contributed by atoms with Crippen LogP contribution in [0.3, 0.4) is 0 Å². The number of nitriles is 2. The molecule has 0 saturated carbocycles. The molecule has 2 heterocycles. The number of aromatic hydroxyl groups is 1. The number of hydrogen-bond acceptors (Lipinski definition) is 4. The lowest BCUT2D eigenvalue weighted by molar-refractivity contribution is 0.0694. The summed E-state index contributed by atoms with van der Waals surface area (Å²) in [7, 11) is 0. The minimum Gasteiger partial charge on any atom is -0.507 e. The SMILES string of the molecule is N#Cc1ccn2c(-c3ccc(C(=O)O)c(O)c3)cc(C#N)c2c1. The molecule has 110 valence electrons. The van der Waals surface area contributed by atoms with Crippen molar-refractivity contribution in [2.45, 2.75) is 0 Å². The van der Waals surface area contributed by atoms with Gasteiger partial charge >= 0.3 is 5.97 Å². The molecule has 0 saturated heterocycles. The highest BCUT2D eigenvalue weighted by molar-refractivity contribution is 5.92. The first-order valence-corrected chi connectivity index (χ1v) is 6.57. The standard InChI is InChI=1S/C17H9N3O3/c18-8-10-3-4-20-14(5-10)12(9-19)6-15(20)11-1-2-13(17(22)23)16(21)7-11/h1-7,21H,(H,22,23). The second-order valence-electron chi connectivity index (χ2n) is 4.87. The number of carboxylic acids is 1. The van der Waals surface area contributed by atoms with Gasteiger partial charge in [0.1, 0.15) is 17.4 Å². The monoisotopic (exact) mass is 303 g/mol. The molecule has 0 radical (unpaired) electrons. The molecule has 3 rings (SSSR count). The molecule has 0 atom stereocenters. The van der Waals surface area contributed by atoms with Crippen molar-refractivity contribution in [3.8, 4) is 29.1 Å². The Morgan fingerprint density at radius 2 is 1.87 bits per heavy atom. The minimum atomic E-state index is -1.22. The maximum absolute atomic E-state index is 11.0. The van der Waals surface area contributed by atoms with Crippen LogP contribution in [-0.4, -0.2) is 20.6 Å². The number of aromatic nitrogens is 1. The number of carbonyl (C=O) groups is 1. The Morgan fingerprint density at radius 1 is 1.09 bits per heavy atom. The summed E-state index contributed by atoms with van der Waals surface area (Å²) in [4.78, 5) is 11.0. The van der Waals surface area contributed by atoms with Crippen molar-refractivity contribution in [3.05, 3.63) is 59.3 Å². The van der Waals surface area contributed by atoms with Gasteiger partial charge in [-0.25, -0.2) is 4.79 Å². The van der Waals surface area contributed by atoms with E-state index in [0.717, 1.165) is 0 Å². The van der Waals surface area contributed by atoms with Gasteiger partial charge in [-0.3, -0.25) is 0 Å². The van der Waals surface area contributed by atoms with Crippen LogP contribution < -0.4 is 0 Å². The van der Waals surface area contributed by atoms with E-state index in [1.807, 2.05) is 6.07 Å². The summed E-state index contributed by atoms with van der Waals surface area (Å²) in [5, 5.41) is 37.0. The summed E-state index contributed by atoms with van der Waals surface area (Å²) >= 11 is 0. The fourth-order valence-corrected chi connectivity index (χ4v) is 2.45. The van der Waals surface area contributed by atoms with E-state index in [2.05, 4.69) is 6.07 Å². The number of pyridine rings is 1. The van der Waals surface area contributed by atoms with Gasteiger partial charge in [0.15, 0.2) is 0 Å². The zero-order valence-electron chi connectivity index (χ0n) is 11.7. The predicted octanol–water partition coefficient (Wildman–Crippen LogP) is 2.75. The maximum Gasteiger partial charge on any atom is 0.339 e. The molecule has 0 aliphatic rings. The number of rotatable bonds is 2. The summed E-state index contributed by atoms with van der Waals surface area (Å²) in [6, 6.07) is 13.1. The van der Waals surface area contributed by atoms with Gasteiger partial charge in [-0.05, 0) is 30.3 Å². The summed E-state index contributed by atoms with van der Waals surface area (Å²) in [6.45, 7) is 0. The molecule has 0 fully saturated rings. The van der Waals surface area contributed by atoms with E-state index in [4.69, 9.17) is 10.4 Å². The second-order valence-corrected chi connectivity index (χ2v) is 4.87. The van der Waals surface area contributed by atoms with E-state index in [9.17, 15) is 15.2 Å². The number of hydrogen-bond donors (Lipinski definition) is 2. The topological polar surface area (TPSA) is 110 Å². The molecule has 2 N–H and O–H groups in total. The molecule has 2 aromatic heterocycles. The van der Waals surface area contributed by atoms with Crippen LogP contribution in [0.5, 0.6) is 5.75 Å². The van der Waals surface area contributed by atoms with E-state index in [1.165, 1.54) is 12.1 Å². The van der Waals surface area contributed by atoms with Crippen molar-refractivity contribution in [1.29, 1.82) is 10.5 Å². The minimum absolute atomic E-state index is 0.193. The fraction of sp³-hybridized carbons (Fsp3) is 0. The molecule has 6 heteroatoms. The van der Waals surface area contributed by atoms with Crippen LogP contribution in [0.4, 0.5) is 0 Å². The summed E-state index contributed by atoms with van der Waals surface area (Å²) in [5.41, 5.74) is 2.38. The quantitative estimate of drug-likeness (QED) is 0.756. The first kappa shape index (κ1) is 14.2. The van der Waals surface area contributed by atoms with Crippen molar-refractivity contribution in [1.82, 2.24) is 4.40 Å². The molecule has 0 aliphatic carbocycles. The van der Waals surface area contributed by atoms with Gasteiger partial charge in [-0.15, -0.1) is 0 Å². The van der Waals surface area contributed by atoms with Crippen LogP contribution in [0.2, 0.25) is 0 Å². The molecular weight excluding hydrogens is 294 g/mol. The van der Waals surface area contributed by atoms with Crippen LogP contribution in [0, 0.1) is 22.7 Å². The third-order valence-corrected chi connectivity index (χ3v) is 3.54. The van der Waals surface area contributed by atoms with Gasteiger partial charge in [0, 0.05) is 11.8 Å². The third kappa shape index (κ3) is 2.25. The van der Waals surface area contributed by atoms with Crippen LogP contribution >= 0.6 is 0 Å². The molecule has 6 nitrogen and oxygen atoms in total. The van der Waals surface area contributed by atoms with Crippen molar-refractivity contribution in [3.63, 3.8) is 0 Å². The lowest BCUT2D eigenvalue weighted by atomic mass is 10.1. The number of fused-ring (bicyclic) bond motifs is 1. The number of carboxylic acid groups (broad SMARTS) is 1. The number of benzene rings is 1. The average Bonchev–Trinajstić information content (AvgIpc) is 2.92. The zero-order chi connectivity index (χ0) is 16.6. The van der Waals surface area contributed by atoms with E-state index < -0.39 is 5.97 Å². The summed E-state index contributed by atoms with van der Waals surface area (Å²) in [6.07, 6.45) is 1.66. The normalized spacial score (nSPS) is 10.2. The Bertz CT molecular complexity index is 1040. The molecule has 0 bridgehead atoms. The van der Waals surface area contributed by atoms with E-state index in [1.54, 1.807) is 34.9 Å². The first-order valence-electron chi connectivity index (χ1n) is 6.57. The summed E-state index contributed by atoms with van der Waals surface area (Å²) < 4.78 is 1.72. The highest BCUT2D eigenvalue weighted by atomic mass is 16.4. The molecule has 1 aromatic carbocycles. The smallest absolute Gasteiger partial charge is 0.339 e. The molecule has 0 aliphatic heterocycles. The van der Waals surface area contributed by atoms with Gasteiger partial charge in [0.2, 0.25) is 0 Å². The molecule has 23 heavy (non-hydrogen) atoms. The van der Waals surface area contributed by atoms with Gasteiger partial charge in [0.05, 0.1) is 28.4 Å². The predicted molar refractivity (Wildman–Crippen MR) is 80.9 cm³/mol. The molecule has 3 aromatic rings. The van der Waals surface area contributed by atoms with Crippen molar-refractivity contribution in [2.24, 2.45) is 0 Å². The molecule has 0 amide bonds. The lowest BCUT2D eigenvalue weighted by Gasteiger charge is -2.06. The Kier molecular flexibility index (Phi) is 3.21. The highest BCUT2D eigenvalue weighted by Gasteiger charge is 2.15. The maximum atomic E-state index is 11.0. The number of aromatic carboxylic acids is 1. The van der Waals surface area contributed by atoms with Gasteiger partial charge in [-0.1, -0.05) is 6.07 Å². The number of phenols is 1. The van der Waals surface area contributed by atoms with Crippen LogP contribution in [0.25, 0.3) is 16.8 Å². The fourth-order valence-electron chi connectivity index (χ4n) is 2.45. The van der Waals surface area contributed by atoms with Gasteiger partial charge in [-0.2, -0.15) is 10.5 Å². The van der Waals surface area contributed by atoms with Gasteiger partial charge < -0.3 is 14.6 Å². The average molecular weight is 303 g/mol. The van der Waals surface area contributed by atoms with E-state index in [0.29, 0.717) is 27.9 Å². The Hall–Kier alpha value is -3.77. The lowest BCUT2D eigenvalue weighted by Crippen LogP contribution is -1.97. The van der Waals surface area contributed by atoms with Crippen molar-refractivity contribution >= 4 is 11.5 Å². The van der Waals surface area contributed by atoms with Crippen molar-refractivity contribution < 1.29 is 15.0 Å². The Labute approximate surface area is 130 Å². The van der Waals surface area contributed by atoms with Gasteiger partial charge in [0.25, 0.3) is 0 Å². The first-order chi connectivity index (χ1) is 11.0. The zero-order valence-corrected chi connectivity index (χ0v) is 11.7. The number of nitrogens with zero attached hydrogens (tertiary/aromatic N) is 3. The largest absolute Gasteiger partial charge is 0.507 e. The molecule has 0 spiro atoms. The van der Waals surface area contributed by atoms with Crippen LogP contribution in [0.1, 0.15) is 21.5 Å². The van der Waals surface area contributed by atoms with E-state index >= 15 is 0 Å². The van der Waals surface area contributed by atoms with Crippen LogP contribution in [-0.2, 0) is 0 Å². The second kappa shape index (κ2) is 5.21. The van der Waals surface area contributed by atoms with E-state index in [-0.39, 0.29) is 11.3 Å². The van der Waals surface area contributed by atoms with Crippen molar-refractivity contribution in [2.75, 3.05) is 0 Å². The Morgan fingerprint density at radius 3 is 2.48 bits per heavy atom.